The first-order valence-corrected chi connectivity index (χ1v) is 10.4. The van der Waals surface area contributed by atoms with Gasteiger partial charge in [0.15, 0.2) is 0 Å². The third kappa shape index (κ3) is 4.99. The lowest BCUT2D eigenvalue weighted by atomic mass is 10.1. The molecule has 0 bridgehead atoms. The van der Waals surface area contributed by atoms with E-state index in [4.69, 9.17) is 10.2 Å². The summed E-state index contributed by atoms with van der Waals surface area (Å²) in [5.74, 6) is -2.96. The lowest BCUT2D eigenvalue weighted by Crippen LogP contribution is -2.42. The fraction of sp³-hybridized carbons (Fsp3) is 0.368. The Bertz CT molecular complexity index is 974. The third-order valence-corrected chi connectivity index (χ3v) is 5.91. The summed E-state index contributed by atoms with van der Waals surface area (Å²) in [6.45, 7) is 2.90. The van der Waals surface area contributed by atoms with Gasteiger partial charge in [0.25, 0.3) is 0 Å². The summed E-state index contributed by atoms with van der Waals surface area (Å²) in [7, 11) is -2.32. The summed E-state index contributed by atoms with van der Waals surface area (Å²) < 4.78 is 27.6. The molecular formula is C19H24N2O6S. The average molecular weight is 408 g/mol. The van der Waals surface area contributed by atoms with Crippen LogP contribution in [0.2, 0.25) is 0 Å². The fourth-order valence-electron chi connectivity index (χ4n) is 2.95. The first-order chi connectivity index (χ1) is 13.2. The Kier molecular flexibility index (Phi) is 6.98. The van der Waals surface area contributed by atoms with Gasteiger partial charge in [0.1, 0.15) is 6.04 Å². The minimum Gasteiger partial charge on any atom is -0.481 e. The molecule has 2 aromatic carbocycles. The van der Waals surface area contributed by atoms with Crippen molar-refractivity contribution in [3.8, 4) is 0 Å². The van der Waals surface area contributed by atoms with Crippen molar-refractivity contribution < 1.29 is 28.2 Å². The van der Waals surface area contributed by atoms with E-state index >= 15 is 0 Å². The van der Waals surface area contributed by atoms with Gasteiger partial charge in [-0.05, 0) is 18.6 Å². The van der Waals surface area contributed by atoms with Gasteiger partial charge in [0, 0.05) is 30.1 Å². The lowest BCUT2D eigenvalue weighted by molar-refractivity contribution is -0.145. The number of sulfonamides is 1. The molecule has 2 aromatic rings. The number of aliphatic carboxylic acids is 2. The van der Waals surface area contributed by atoms with Gasteiger partial charge < -0.3 is 15.1 Å². The number of carboxylic acid groups (broad SMARTS) is 2. The number of rotatable bonds is 10. The van der Waals surface area contributed by atoms with Crippen LogP contribution in [0.3, 0.4) is 0 Å². The molecule has 2 rings (SSSR count). The number of hydrogen-bond donors (Lipinski definition) is 3. The Morgan fingerprint density at radius 2 is 1.75 bits per heavy atom. The molecule has 152 valence electrons. The Morgan fingerprint density at radius 3 is 2.36 bits per heavy atom. The number of fused-ring (bicyclic) bond motifs is 1. The summed E-state index contributed by atoms with van der Waals surface area (Å²) in [6.07, 6.45) is 1.16. The van der Waals surface area contributed by atoms with Gasteiger partial charge in [-0.3, -0.25) is 9.59 Å². The summed E-state index contributed by atoms with van der Waals surface area (Å²) in [6, 6.07) is 8.29. The standard InChI is InChI=1S/C19H24N2O6S/c1-3-4-11-21(2)16-9-5-8-14-13(16)7-6-10-17(14)28(26,27)20-15(19(24)25)12-18(22)23/h5-10,15,20H,3-4,11-12H2,1-2H3,(H,22,23)(H,24,25). The second-order valence-corrected chi connectivity index (χ2v) is 8.20. The van der Waals surface area contributed by atoms with Crippen molar-refractivity contribution in [2.45, 2.75) is 37.1 Å². The van der Waals surface area contributed by atoms with E-state index in [2.05, 4.69) is 6.92 Å². The minimum atomic E-state index is -4.25. The number of hydrogen-bond acceptors (Lipinski definition) is 5. The van der Waals surface area contributed by atoms with E-state index in [1.807, 2.05) is 22.7 Å². The molecule has 0 aliphatic rings. The molecule has 1 atom stereocenters. The van der Waals surface area contributed by atoms with Gasteiger partial charge in [0.05, 0.1) is 11.3 Å². The summed E-state index contributed by atoms with van der Waals surface area (Å²) in [5, 5.41) is 19.1. The van der Waals surface area contributed by atoms with Crippen LogP contribution in [0.25, 0.3) is 10.8 Å². The number of carbonyl (C=O) groups is 2. The number of anilines is 1. The van der Waals surface area contributed by atoms with Crippen LogP contribution in [-0.4, -0.2) is 50.2 Å². The number of carboxylic acids is 2. The number of nitrogens with zero attached hydrogens (tertiary/aromatic N) is 1. The van der Waals surface area contributed by atoms with Gasteiger partial charge >= 0.3 is 11.9 Å². The zero-order valence-corrected chi connectivity index (χ0v) is 16.6. The van der Waals surface area contributed by atoms with Crippen molar-refractivity contribution in [1.82, 2.24) is 4.72 Å². The minimum absolute atomic E-state index is 0.0904. The Morgan fingerprint density at radius 1 is 1.11 bits per heavy atom. The van der Waals surface area contributed by atoms with Crippen LogP contribution in [0, 0.1) is 0 Å². The molecule has 0 aliphatic carbocycles. The van der Waals surface area contributed by atoms with Crippen LogP contribution in [0.4, 0.5) is 5.69 Å². The van der Waals surface area contributed by atoms with Gasteiger partial charge in [-0.2, -0.15) is 4.72 Å². The van der Waals surface area contributed by atoms with E-state index in [1.54, 1.807) is 24.3 Å². The second kappa shape index (κ2) is 9.03. The molecule has 0 spiro atoms. The van der Waals surface area contributed by atoms with E-state index in [1.165, 1.54) is 6.07 Å². The largest absolute Gasteiger partial charge is 0.481 e. The first-order valence-electron chi connectivity index (χ1n) is 8.87. The number of unbranched alkanes of at least 4 members (excludes halogenated alkanes) is 1. The van der Waals surface area contributed by atoms with Gasteiger partial charge in [-0.25, -0.2) is 8.42 Å². The second-order valence-electron chi connectivity index (χ2n) is 6.51. The van der Waals surface area contributed by atoms with Crippen LogP contribution in [0.1, 0.15) is 26.2 Å². The molecule has 0 saturated carbocycles. The molecule has 9 heteroatoms. The molecule has 0 amide bonds. The zero-order chi connectivity index (χ0) is 20.9. The van der Waals surface area contributed by atoms with Crippen molar-refractivity contribution in [2.24, 2.45) is 0 Å². The molecule has 28 heavy (non-hydrogen) atoms. The Hall–Kier alpha value is -2.65. The first kappa shape index (κ1) is 21.6. The average Bonchev–Trinajstić information content (AvgIpc) is 2.63. The highest BCUT2D eigenvalue weighted by Crippen LogP contribution is 2.31. The van der Waals surface area contributed by atoms with Crippen LogP contribution < -0.4 is 9.62 Å². The molecular weight excluding hydrogens is 384 g/mol. The maximum absolute atomic E-state index is 12.8. The van der Waals surface area contributed by atoms with Crippen molar-refractivity contribution >= 4 is 38.4 Å². The summed E-state index contributed by atoms with van der Waals surface area (Å²) >= 11 is 0. The quantitative estimate of drug-likeness (QED) is 0.551. The van der Waals surface area contributed by atoms with Gasteiger partial charge in [0.2, 0.25) is 10.0 Å². The molecule has 3 N–H and O–H groups in total. The van der Waals surface area contributed by atoms with Crippen molar-refractivity contribution in [3.05, 3.63) is 36.4 Å². The van der Waals surface area contributed by atoms with Gasteiger partial charge in [-0.1, -0.05) is 37.6 Å². The number of nitrogens with one attached hydrogen (secondary N) is 1. The molecule has 0 radical (unpaired) electrons. The van der Waals surface area contributed by atoms with Crippen LogP contribution in [-0.2, 0) is 19.6 Å². The maximum atomic E-state index is 12.8. The van der Waals surface area contributed by atoms with E-state index in [9.17, 15) is 18.0 Å². The summed E-state index contributed by atoms with van der Waals surface area (Å²) in [5.41, 5.74) is 0.864. The van der Waals surface area contributed by atoms with E-state index in [0.29, 0.717) is 10.8 Å². The molecule has 0 heterocycles. The molecule has 0 fully saturated rings. The fourth-order valence-corrected chi connectivity index (χ4v) is 4.36. The SMILES string of the molecule is CCCCN(C)c1cccc2c(S(=O)(=O)NC(CC(=O)O)C(=O)O)cccc12. The lowest BCUT2D eigenvalue weighted by Gasteiger charge is -2.22. The smallest absolute Gasteiger partial charge is 0.322 e. The van der Waals surface area contributed by atoms with Crippen LogP contribution in [0.5, 0.6) is 0 Å². The number of benzene rings is 2. The predicted octanol–water partition coefficient (Wildman–Crippen LogP) is 2.28. The molecule has 0 aromatic heterocycles. The Balaban J connectivity index is 2.49. The van der Waals surface area contributed by atoms with Gasteiger partial charge in [-0.15, -0.1) is 0 Å². The third-order valence-electron chi connectivity index (χ3n) is 4.38. The van der Waals surface area contributed by atoms with E-state index in [0.717, 1.165) is 25.1 Å². The van der Waals surface area contributed by atoms with Crippen molar-refractivity contribution in [2.75, 3.05) is 18.5 Å². The summed E-state index contributed by atoms with van der Waals surface area (Å²) in [4.78, 5) is 24.1. The van der Waals surface area contributed by atoms with E-state index in [-0.39, 0.29) is 4.90 Å². The molecule has 1 unspecified atom stereocenters. The molecule has 0 saturated heterocycles. The highest BCUT2D eigenvalue weighted by atomic mass is 32.2. The van der Waals surface area contributed by atoms with Crippen molar-refractivity contribution in [3.63, 3.8) is 0 Å². The monoisotopic (exact) mass is 408 g/mol. The highest BCUT2D eigenvalue weighted by molar-refractivity contribution is 7.89. The van der Waals surface area contributed by atoms with Crippen LogP contribution >= 0.6 is 0 Å². The van der Waals surface area contributed by atoms with Crippen LogP contribution in [0.15, 0.2) is 41.3 Å². The van der Waals surface area contributed by atoms with Crippen molar-refractivity contribution in [1.29, 1.82) is 0 Å². The van der Waals surface area contributed by atoms with E-state index < -0.39 is 34.4 Å². The zero-order valence-electron chi connectivity index (χ0n) is 15.8. The topological polar surface area (TPSA) is 124 Å². The molecule has 0 aliphatic heterocycles. The Labute approximate surface area is 163 Å². The maximum Gasteiger partial charge on any atom is 0.322 e. The normalized spacial score (nSPS) is 12.6. The highest BCUT2D eigenvalue weighted by Gasteiger charge is 2.28. The molecule has 8 nitrogen and oxygen atoms in total. The predicted molar refractivity (Wildman–Crippen MR) is 106 cm³/mol.